The lowest BCUT2D eigenvalue weighted by atomic mass is 9.62. The van der Waals surface area contributed by atoms with E-state index in [1.807, 2.05) is 0 Å². The predicted molar refractivity (Wildman–Crippen MR) is 57.4 cm³/mol. The number of hydrogen-bond acceptors (Lipinski definition) is 0. The molecule has 4 unspecified atom stereocenters. The Labute approximate surface area is 83.1 Å². The normalized spacial score (nSPS) is 50.8. The SMILES string of the molecule is CC(C)C(C)C1CC2C(C)C1C2C. The summed E-state index contributed by atoms with van der Waals surface area (Å²) in [6.45, 7) is 12.2. The zero-order valence-electron chi connectivity index (χ0n) is 9.75. The molecular weight excluding hydrogens is 156 g/mol. The molecule has 0 aromatic carbocycles. The molecule has 0 saturated heterocycles. The highest BCUT2D eigenvalue weighted by atomic mass is 14.6. The van der Waals surface area contributed by atoms with E-state index in [-0.39, 0.29) is 0 Å². The van der Waals surface area contributed by atoms with Crippen molar-refractivity contribution in [1.29, 1.82) is 0 Å². The van der Waals surface area contributed by atoms with Crippen molar-refractivity contribution in [2.75, 3.05) is 0 Å². The first kappa shape index (κ1) is 9.55. The topological polar surface area (TPSA) is 0 Å². The molecule has 3 saturated carbocycles. The summed E-state index contributed by atoms with van der Waals surface area (Å²) in [7, 11) is 0. The first-order valence-corrected chi connectivity index (χ1v) is 6.04. The molecule has 0 aliphatic heterocycles. The van der Waals surface area contributed by atoms with Crippen LogP contribution in [0.15, 0.2) is 0 Å². The van der Waals surface area contributed by atoms with Crippen molar-refractivity contribution >= 4 is 0 Å². The van der Waals surface area contributed by atoms with Gasteiger partial charge in [0.05, 0.1) is 0 Å². The van der Waals surface area contributed by atoms with Gasteiger partial charge in [-0.2, -0.15) is 0 Å². The van der Waals surface area contributed by atoms with Crippen molar-refractivity contribution in [3.05, 3.63) is 0 Å². The lowest BCUT2D eigenvalue weighted by Crippen LogP contribution is -2.38. The van der Waals surface area contributed by atoms with Gasteiger partial charge in [-0.3, -0.25) is 0 Å². The largest absolute Gasteiger partial charge is 0.0625 e. The van der Waals surface area contributed by atoms with E-state index < -0.39 is 0 Å². The third-order valence-electron chi connectivity index (χ3n) is 5.33. The van der Waals surface area contributed by atoms with Gasteiger partial charge in [0.15, 0.2) is 0 Å². The van der Waals surface area contributed by atoms with Gasteiger partial charge in [-0.15, -0.1) is 0 Å². The van der Waals surface area contributed by atoms with Crippen molar-refractivity contribution in [2.24, 2.45) is 41.4 Å². The molecule has 0 spiro atoms. The van der Waals surface area contributed by atoms with Gasteiger partial charge in [-0.05, 0) is 47.8 Å². The Balaban J connectivity index is 2.04. The molecule has 0 radical (unpaired) electrons. The van der Waals surface area contributed by atoms with Crippen molar-refractivity contribution in [1.82, 2.24) is 0 Å². The first-order chi connectivity index (χ1) is 6.04. The molecule has 4 atom stereocenters. The summed E-state index contributed by atoms with van der Waals surface area (Å²) in [5, 5.41) is 0. The Bertz CT molecular complexity index is 184. The maximum Gasteiger partial charge on any atom is -0.0326 e. The fourth-order valence-corrected chi connectivity index (χ4v) is 4.12. The molecule has 0 aromatic rings. The Kier molecular flexibility index (Phi) is 2.20. The van der Waals surface area contributed by atoms with Gasteiger partial charge < -0.3 is 0 Å². The minimum atomic E-state index is 0.878. The third kappa shape index (κ3) is 1.17. The summed E-state index contributed by atoms with van der Waals surface area (Å²) in [6.07, 6.45) is 1.53. The maximum atomic E-state index is 2.47. The Morgan fingerprint density at radius 3 is 1.85 bits per heavy atom. The lowest BCUT2D eigenvalue weighted by Gasteiger charge is -2.43. The second-order valence-electron chi connectivity index (χ2n) is 5.96. The summed E-state index contributed by atoms with van der Waals surface area (Å²) in [5.74, 6) is 7.11. The predicted octanol–water partition coefficient (Wildman–Crippen LogP) is 3.82. The second-order valence-corrected chi connectivity index (χ2v) is 5.96. The molecule has 3 aliphatic carbocycles. The van der Waals surface area contributed by atoms with Crippen LogP contribution in [0.25, 0.3) is 0 Å². The van der Waals surface area contributed by atoms with E-state index >= 15 is 0 Å². The molecular formula is C13H24. The smallest absolute Gasteiger partial charge is 0.0326 e. The van der Waals surface area contributed by atoms with E-state index in [1.165, 1.54) is 6.42 Å². The standard InChI is InChI=1S/C13H24/c1-7(2)8(3)12-6-11-9(4)13(12)10(11)5/h7-13H,6H2,1-5H3. The van der Waals surface area contributed by atoms with Crippen LogP contribution in [-0.4, -0.2) is 0 Å². The van der Waals surface area contributed by atoms with E-state index in [2.05, 4.69) is 34.6 Å². The van der Waals surface area contributed by atoms with Crippen molar-refractivity contribution in [3.8, 4) is 0 Å². The van der Waals surface area contributed by atoms with E-state index in [0.29, 0.717) is 0 Å². The zero-order valence-corrected chi connectivity index (χ0v) is 9.75. The highest BCUT2D eigenvalue weighted by Gasteiger charge is 2.57. The van der Waals surface area contributed by atoms with Gasteiger partial charge >= 0.3 is 0 Å². The molecule has 3 rings (SSSR count). The maximum absolute atomic E-state index is 2.47. The fourth-order valence-electron chi connectivity index (χ4n) is 4.12. The summed E-state index contributed by atoms with van der Waals surface area (Å²) < 4.78 is 0. The molecule has 0 heterocycles. The molecule has 0 N–H and O–H groups in total. The van der Waals surface area contributed by atoms with Crippen LogP contribution < -0.4 is 0 Å². The zero-order chi connectivity index (χ0) is 9.75. The summed E-state index contributed by atoms with van der Waals surface area (Å²) in [4.78, 5) is 0. The molecule has 0 amide bonds. The number of hydrogen-bond donors (Lipinski definition) is 0. The minimum absolute atomic E-state index is 0.878. The summed E-state index contributed by atoms with van der Waals surface area (Å²) >= 11 is 0. The first-order valence-electron chi connectivity index (χ1n) is 6.04. The van der Waals surface area contributed by atoms with Crippen LogP contribution in [0.4, 0.5) is 0 Å². The monoisotopic (exact) mass is 180 g/mol. The van der Waals surface area contributed by atoms with E-state index in [4.69, 9.17) is 0 Å². The quantitative estimate of drug-likeness (QED) is 0.606. The van der Waals surface area contributed by atoms with Gasteiger partial charge in [-0.1, -0.05) is 34.6 Å². The van der Waals surface area contributed by atoms with Gasteiger partial charge in [0.1, 0.15) is 0 Å². The second kappa shape index (κ2) is 3.00. The Morgan fingerprint density at radius 1 is 1.00 bits per heavy atom. The van der Waals surface area contributed by atoms with Gasteiger partial charge in [-0.25, -0.2) is 0 Å². The molecule has 0 heteroatoms. The molecule has 3 fully saturated rings. The summed E-state index contributed by atoms with van der Waals surface area (Å²) in [6, 6.07) is 0. The van der Waals surface area contributed by atoms with Gasteiger partial charge in [0, 0.05) is 0 Å². The van der Waals surface area contributed by atoms with Crippen molar-refractivity contribution in [3.63, 3.8) is 0 Å². The lowest BCUT2D eigenvalue weighted by molar-refractivity contribution is 0.0506. The average Bonchev–Trinajstić information content (AvgIpc) is 2.59. The molecule has 0 nitrogen and oxygen atoms in total. The Hall–Kier alpha value is 0. The van der Waals surface area contributed by atoms with Crippen LogP contribution in [0.1, 0.15) is 41.0 Å². The molecule has 76 valence electrons. The van der Waals surface area contributed by atoms with Crippen LogP contribution in [0.2, 0.25) is 0 Å². The molecule has 2 bridgehead atoms. The van der Waals surface area contributed by atoms with E-state index in [1.54, 1.807) is 0 Å². The van der Waals surface area contributed by atoms with Crippen molar-refractivity contribution < 1.29 is 0 Å². The van der Waals surface area contributed by atoms with E-state index in [9.17, 15) is 0 Å². The van der Waals surface area contributed by atoms with Crippen molar-refractivity contribution in [2.45, 2.75) is 41.0 Å². The molecule has 13 heavy (non-hydrogen) atoms. The van der Waals surface area contributed by atoms with E-state index in [0.717, 1.165) is 41.4 Å². The number of rotatable bonds is 2. The minimum Gasteiger partial charge on any atom is -0.0625 e. The van der Waals surface area contributed by atoms with Crippen LogP contribution >= 0.6 is 0 Å². The van der Waals surface area contributed by atoms with Crippen LogP contribution in [-0.2, 0) is 0 Å². The van der Waals surface area contributed by atoms with Gasteiger partial charge in [0.2, 0.25) is 0 Å². The number of fused-ring (bicyclic) bond motifs is 1. The third-order valence-corrected chi connectivity index (χ3v) is 5.33. The van der Waals surface area contributed by atoms with Crippen LogP contribution in [0, 0.1) is 41.4 Å². The Morgan fingerprint density at radius 2 is 1.54 bits per heavy atom. The van der Waals surface area contributed by atoms with Crippen LogP contribution in [0.5, 0.6) is 0 Å². The van der Waals surface area contributed by atoms with Crippen LogP contribution in [0.3, 0.4) is 0 Å². The average molecular weight is 180 g/mol. The van der Waals surface area contributed by atoms with Gasteiger partial charge in [0.25, 0.3) is 0 Å². The highest BCUT2D eigenvalue weighted by Crippen LogP contribution is 2.63. The highest BCUT2D eigenvalue weighted by molar-refractivity contribution is 5.05. The molecule has 0 aromatic heterocycles. The molecule has 3 aliphatic rings. The fraction of sp³-hybridized carbons (Fsp3) is 1.00. The summed E-state index contributed by atoms with van der Waals surface area (Å²) in [5.41, 5.74) is 0.